The van der Waals surface area contributed by atoms with Crippen LogP contribution < -0.4 is 9.86 Å². The molecule has 0 fully saturated rings. The van der Waals surface area contributed by atoms with E-state index in [2.05, 4.69) is 14.7 Å². The van der Waals surface area contributed by atoms with E-state index in [1.165, 1.54) is 6.20 Å². The predicted octanol–water partition coefficient (Wildman–Crippen LogP) is 1.73. The molecule has 8 nitrogen and oxygen atoms in total. The van der Waals surface area contributed by atoms with Gasteiger partial charge in [0.1, 0.15) is 5.52 Å². The first-order chi connectivity index (χ1) is 11.7. The second kappa shape index (κ2) is 6.23. The predicted molar refractivity (Wildman–Crippen MR) is 93.2 cm³/mol. The number of hydrogen-bond donors (Lipinski definition) is 2. The van der Waals surface area contributed by atoms with Gasteiger partial charge in [-0.25, -0.2) is 31.9 Å². The van der Waals surface area contributed by atoms with Gasteiger partial charge in [0.2, 0.25) is 10.0 Å². The Kier molecular flexibility index (Phi) is 4.37. The largest absolute Gasteiger partial charge is 0.263 e. The van der Waals surface area contributed by atoms with Gasteiger partial charge in [-0.05, 0) is 36.4 Å². The van der Waals surface area contributed by atoms with Crippen LogP contribution in [0.15, 0.2) is 58.5 Å². The van der Waals surface area contributed by atoms with Crippen LogP contribution in [0.3, 0.4) is 0 Å². The second-order valence-electron chi connectivity index (χ2n) is 4.98. The molecular formula is C14H11ClN4O4S2. The number of nitrogens with one attached hydrogen (secondary N) is 1. The monoisotopic (exact) mass is 398 g/mol. The third-order valence-electron chi connectivity index (χ3n) is 3.22. The minimum absolute atomic E-state index is 0.00490. The maximum absolute atomic E-state index is 12.4. The maximum Gasteiger partial charge on any atom is 0.263 e. The van der Waals surface area contributed by atoms with Gasteiger partial charge < -0.3 is 0 Å². The minimum Gasteiger partial charge on any atom is -0.262 e. The number of aromatic nitrogens is 2. The van der Waals surface area contributed by atoms with Gasteiger partial charge in [0, 0.05) is 0 Å². The Hall–Kier alpha value is -2.27. The maximum atomic E-state index is 12.4. The van der Waals surface area contributed by atoms with E-state index in [-0.39, 0.29) is 15.6 Å². The lowest BCUT2D eigenvalue weighted by Gasteiger charge is -2.08. The minimum atomic E-state index is -3.98. The van der Waals surface area contributed by atoms with Gasteiger partial charge in [-0.2, -0.15) is 0 Å². The molecule has 0 unspecified atom stereocenters. The van der Waals surface area contributed by atoms with Crippen molar-refractivity contribution >= 4 is 48.5 Å². The normalized spacial score (nSPS) is 12.2. The van der Waals surface area contributed by atoms with E-state index in [0.29, 0.717) is 16.1 Å². The lowest BCUT2D eigenvalue weighted by molar-refractivity contribution is 0.595. The van der Waals surface area contributed by atoms with Crippen LogP contribution in [0.2, 0.25) is 5.02 Å². The summed E-state index contributed by atoms with van der Waals surface area (Å²) in [7, 11) is -7.88. The van der Waals surface area contributed by atoms with Crippen LogP contribution in [0.5, 0.6) is 0 Å². The molecule has 0 saturated carbocycles. The van der Waals surface area contributed by atoms with E-state index in [1.54, 1.807) is 18.2 Å². The van der Waals surface area contributed by atoms with E-state index >= 15 is 0 Å². The number of hydrogen-bond acceptors (Lipinski definition) is 6. The number of anilines is 1. The highest BCUT2D eigenvalue weighted by molar-refractivity contribution is 7.92. The van der Waals surface area contributed by atoms with Crippen LogP contribution in [0.4, 0.5) is 5.82 Å². The van der Waals surface area contributed by atoms with E-state index < -0.39 is 20.0 Å². The third kappa shape index (κ3) is 3.71. The first-order valence-corrected chi connectivity index (χ1v) is 10.1. The van der Waals surface area contributed by atoms with Crippen LogP contribution >= 0.6 is 11.6 Å². The van der Waals surface area contributed by atoms with Crippen molar-refractivity contribution in [1.29, 1.82) is 0 Å². The highest BCUT2D eigenvalue weighted by atomic mass is 35.5. The number of primary sulfonamides is 1. The number of halogens is 1. The highest BCUT2D eigenvalue weighted by Crippen LogP contribution is 2.22. The van der Waals surface area contributed by atoms with Gasteiger partial charge in [-0.3, -0.25) is 4.72 Å². The molecule has 0 saturated heterocycles. The molecule has 0 aliphatic rings. The van der Waals surface area contributed by atoms with Gasteiger partial charge in [-0.15, -0.1) is 0 Å². The van der Waals surface area contributed by atoms with Crippen molar-refractivity contribution < 1.29 is 16.8 Å². The lowest BCUT2D eigenvalue weighted by atomic mass is 10.3. The van der Waals surface area contributed by atoms with Crippen LogP contribution in [-0.2, 0) is 20.0 Å². The molecule has 0 atom stereocenters. The summed E-state index contributed by atoms with van der Waals surface area (Å²) in [5, 5.41) is 5.38. The molecule has 0 aliphatic heterocycles. The van der Waals surface area contributed by atoms with E-state index in [0.717, 1.165) is 24.3 Å². The summed E-state index contributed by atoms with van der Waals surface area (Å²) >= 11 is 5.99. The second-order valence-corrected chi connectivity index (χ2v) is 8.64. The van der Waals surface area contributed by atoms with Crippen molar-refractivity contribution in [3.05, 3.63) is 53.7 Å². The van der Waals surface area contributed by atoms with Crippen molar-refractivity contribution in [1.82, 2.24) is 9.97 Å². The number of nitrogens with zero attached hydrogens (tertiary/aromatic N) is 2. The number of benzene rings is 2. The molecule has 0 aliphatic carbocycles. The van der Waals surface area contributed by atoms with Crippen molar-refractivity contribution in [2.24, 2.45) is 5.14 Å². The molecule has 3 N–H and O–H groups in total. The topological polar surface area (TPSA) is 132 Å². The number of nitrogens with two attached hydrogens (primary N) is 1. The molecule has 1 heterocycles. The van der Waals surface area contributed by atoms with Gasteiger partial charge >= 0.3 is 0 Å². The molecular weight excluding hydrogens is 388 g/mol. The highest BCUT2D eigenvalue weighted by Gasteiger charge is 2.17. The van der Waals surface area contributed by atoms with E-state index in [9.17, 15) is 16.8 Å². The van der Waals surface area contributed by atoms with E-state index in [4.69, 9.17) is 16.7 Å². The van der Waals surface area contributed by atoms with Crippen LogP contribution in [0.1, 0.15) is 0 Å². The van der Waals surface area contributed by atoms with Crippen LogP contribution in [0, 0.1) is 0 Å². The number of fused-ring (bicyclic) bond motifs is 1. The smallest absolute Gasteiger partial charge is 0.262 e. The molecule has 0 spiro atoms. The summed E-state index contributed by atoms with van der Waals surface area (Å²) in [5.41, 5.74) is 0.877. The van der Waals surface area contributed by atoms with Crippen molar-refractivity contribution in [3.63, 3.8) is 0 Å². The summed E-state index contributed by atoms with van der Waals surface area (Å²) < 4.78 is 49.5. The van der Waals surface area contributed by atoms with Crippen molar-refractivity contribution in [3.8, 4) is 0 Å². The quantitative estimate of drug-likeness (QED) is 0.687. The van der Waals surface area contributed by atoms with Crippen molar-refractivity contribution in [2.45, 2.75) is 9.79 Å². The van der Waals surface area contributed by atoms with Crippen LogP contribution in [-0.4, -0.2) is 26.8 Å². The van der Waals surface area contributed by atoms with Crippen molar-refractivity contribution in [2.75, 3.05) is 4.72 Å². The molecule has 3 rings (SSSR count). The summed E-state index contributed by atoms with van der Waals surface area (Å²) in [6.07, 6.45) is 1.24. The Labute approximate surface area is 148 Å². The fourth-order valence-corrected chi connectivity index (χ4v) is 3.78. The molecule has 2 aromatic carbocycles. The first-order valence-electron chi connectivity index (χ1n) is 6.74. The molecule has 0 amide bonds. The summed E-state index contributed by atoms with van der Waals surface area (Å²) in [4.78, 5) is 7.90. The average molecular weight is 399 g/mol. The summed E-state index contributed by atoms with van der Waals surface area (Å²) in [5.74, 6) is 0.00490. The SMILES string of the molecule is NS(=O)(=O)c1ccc(S(=O)(=O)Nc2cnc3c(Cl)cccc3n2)cc1. The lowest BCUT2D eigenvalue weighted by Crippen LogP contribution is -2.15. The van der Waals surface area contributed by atoms with Gasteiger partial charge in [0.05, 0.1) is 26.5 Å². The van der Waals surface area contributed by atoms with Gasteiger partial charge in [0.15, 0.2) is 5.82 Å². The summed E-state index contributed by atoms with van der Waals surface area (Å²) in [6.45, 7) is 0. The zero-order valence-electron chi connectivity index (χ0n) is 12.4. The fraction of sp³-hybridized carbons (Fsp3) is 0. The standard InChI is InChI=1S/C14H11ClN4O4S2/c15-11-2-1-3-12-14(11)17-8-13(18-12)19-25(22,23)10-6-4-9(5-7-10)24(16,20)21/h1-8H,(H,18,19)(H2,16,20,21). The zero-order chi connectivity index (χ0) is 18.2. The molecule has 25 heavy (non-hydrogen) atoms. The third-order valence-corrected chi connectivity index (χ3v) is 5.83. The van der Waals surface area contributed by atoms with E-state index in [1.807, 2.05) is 0 Å². The Morgan fingerprint density at radius 2 is 1.60 bits per heavy atom. The van der Waals surface area contributed by atoms with Gasteiger partial charge in [0.25, 0.3) is 10.0 Å². The summed E-state index contributed by atoms with van der Waals surface area (Å²) in [6, 6.07) is 9.44. The zero-order valence-corrected chi connectivity index (χ0v) is 14.8. The number of rotatable bonds is 4. The Balaban J connectivity index is 1.93. The number of para-hydroxylation sites is 1. The number of sulfonamides is 2. The molecule has 1 aromatic heterocycles. The Bertz CT molecular complexity index is 1160. The first kappa shape index (κ1) is 17.5. The average Bonchev–Trinajstić information content (AvgIpc) is 2.54. The molecule has 0 radical (unpaired) electrons. The molecule has 3 aromatic rings. The Morgan fingerprint density at radius 3 is 2.24 bits per heavy atom. The molecule has 0 bridgehead atoms. The molecule has 11 heteroatoms. The fourth-order valence-electron chi connectivity index (χ4n) is 2.06. The molecule has 130 valence electrons. The van der Waals surface area contributed by atoms with Crippen LogP contribution in [0.25, 0.3) is 11.0 Å². The Morgan fingerprint density at radius 1 is 0.960 bits per heavy atom. The van der Waals surface area contributed by atoms with Gasteiger partial charge in [-0.1, -0.05) is 17.7 Å².